The van der Waals surface area contributed by atoms with Gasteiger partial charge in [0, 0.05) is 5.39 Å². The lowest BCUT2D eigenvalue weighted by atomic mass is 10.0. The third-order valence-electron chi connectivity index (χ3n) is 3.41. The Balaban J connectivity index is 0.00000208. The van der Waals surface area contributed by atoms with Crippen LogP contribution in [0.4, 0.5) is 13.2 Å². The van der Waals surface area contributed by atoms with Gasteiger partial charge in [-0.25, -0.2) is 0 Å². The van der Waals surface area contributed by atoms with Gasteiger partial charge in [0.25, 0.3) is 0 Å². The highest BCUT2D eigenvalue weighted by atomic mass is 35.5. The zero-order chi connectivity index (χ0) is 16.4. The number of halogens is 4. The van der Waals surface area contributed by atoms with E-state index in [1.807, 2.05) is 36.4 Å². The zero-order valence-electron chi connectivity index (χ0n) is 12.3. The number of aromatic nitrogens is 1. The normalized spacial score (nSPS) is 12.5. The molecule has 2 N–H and O–H groups in total. The van der Waals surface area contributed by atoms with Crippen molar-refractivity contribution in [3.05, 3.63) is 71.9 Å². The summed E-state index contributed by atoms with van der Waals surface area (Å²) in [5.74, 6) is -0.278. The lowest BCUT2D eigenvalue weighted by Crippen LogP contribution is -2.17. The van der Waals surface area contributed by atoms with Gasteiger partial charge in [0.2, 0.25) is 0 Å². The van der Waals surface area contributed by atoms with E-state index in [0.717, 1.165) is 10.9 Å². The first-order chi connectivity index (χ1) is 10.9. The second-order valence-corrected chi connectivity index (χ2v) is 5.02. The predicted octanol–water partition coefficient (Wildman–Crippen LogP) is 4.60. The molecule has 0 aliphatic carbocycles. The molecular formula is C17H14ClF3N2O. The molecule has 0 aliphatic rings. The highest BCUT2D eigenvalue weighted by molar-refractivity contribution is 5.85. The van der Waals surface area contributed by atoms with Gasteiger partial charge in [-0.3, -0.25) is 4.98 Å². The molecule has 7 heteroatoms. The third-order valence-corrected chi connectivity index (χ3v) is 3.41. The molecule has 1 atom stereocenters. The molecule has 3 aromatic rings. The van der Waals surface area contributed by atoms with E-state index in [0.29, 0.717) is 11.3 Å². The molecule has 0 bridgehead atoms. The van der Waals surface area contributed by atoms with Crippen molar-refractivity contribution in [2.45, 2.75) is 12.4 Å². The fraction of sp³-hybridized carbons (Fsp3) is 0.118. The van der Waals surface area contributed by atoms with Crippen LogP contribution in [0.5, 0.6) is 5.75 Å². The number of rotatable bonds is 3. The molecule has 0 amide bonds. The van der Waals surface area contributed by atoms with Crippen molar-refractivity contribution >= 4 is 23.3 Å². The van der Waals surface area contributed by atoms with Crippen LogP contribution >= 0.6 is 12.4 Å². The summed E-state index contributed by atoms with van der Waals surface area (Å²) in [5, 5.41) is 0.998. The number of fused-ring (bicyclic) bond motifs is 1. The quantitative estimate of drug-likeness (QED) is 0.747. The van der Waals surface area contributed by atoms with Crippen molar-refractivity contribution in [1.82, 2.24) is 4.98 Å². The zero-order valence-corrected chi connectivity index (χ0v) is 13.1. The van der Waals surface area contributed by atoms with Crippen LogP contribution in [0.2, 0.25) is 0 Å². The summed E-state index contributed by atoms with van der Waals surface area (Å²) < 4.78 is 40.3. The Morgan fingerprint density at radius 2 is 1.58 bits per heavy atom. The lowest BCUT2D eigenvalue weighted by Gasteiger charge is -2.14. The lowest BCUT2D eigenvalue weighted by molar-refractivity contribution is -0.274. The predicted molar refractivity (Wildman–Crippen MR) is 88.1 cm³/mol. The van der Waals surface area contributed by atoms with Crippen molar-refractivity contribution in [3.8, 4) is 5.75 Å². The molecule has 24 heavy (non-hydrogen) atoms. The van der Waals surface area contributed by atoms with Crippen molar-refractivity contribution < 1.29 is 17.9 Å². The van der Waals surface area contributed by atoms with Gasteiger partial charge >= 0.3 is 6.36 Å². The maximum atomic E-state index is 12.2. The molecule has 3 rings (SSSR count). The molecule has 0 fully saturated rings. The topological polar surface area (TPSA) is 48.1 Å². The Labute approximate surface area is 142 Å². The van der Waals surface area contributed by atoms with Crippen LogP contribution in [-0.2, 0) is 0 Å². The minimum atomic E-state index is -4.70. The van der Waals surface area contributed by atoms with Crippen molar-refractivity contribution in [3.63, 3.8) is 0 Å². The average Bonchev–Trinajstić information content (AvgIpc) is 2.53. The van der Waals surface area contributed by atoms with Gasteiger partial charge in [-0.1, -0.05) is 36.4 Å². The summed E-state index contributed by atoms with van der Waals surface area (Å²) in [6.07, 6.45) is -4.70. The van der Waals surface area contributed by atoms with E-state index in [-0.39, 0.29) is 18.2 Å². The van der Waals surface area contributed by atoms with E-state index in [1.54, 1.807) is 0 Å². The molecule has 126 valence electrons. The number of nitrogens with two attached hydrogens (primary N) is 1. The Morgan fingerprint density at radius 1 is 0.917 bits per heavy atom. The van der Waals surface area contributed by atoms with E-state index >= 15 is 0 Å². The molecule has 0 saturated carbocycles. The Hall–Kier alpha value is -2.31. The van der Waals surface area contributed by atoms with Gasteiger partial charge in [0.15, 0.2) is 0 Å². The van der Waals surface area contributed by atoms with Gasteiger partial charge < -0.3 is 10.5 Å². The molecule has 0 radical (unpaired) electrons. The largest absolute Gasteiger partial charge is 0.573 e. The minimum Gasteiger partial charge on any atom is -0.406 e. The molecule has 0 aliphatic heterocycles. The average molecular weight is 355 g/mol. The number of hydrogen-bond donors (Lipinski definition) is 1. The Bertz CT molecular complexity index is 822. The standard InChI is InChI=1S/C17H13F3N2O.ClH/c18-17(19,20)23-13-8-5-12(6-9-13)16(21)15-10-7-11-3-1-2-4-14(11)22-15;/h1-10,16H,21H2;1H/t16-;/m1./s1. The first-order valence-corrected chi connectivity index (χ1v) is 6.89. The fourth-order valence-corrected chi connectivity index (χ4v) is 2.30. The van der Waals surface area contributed by atoms with Crippen LogP contribution in [0, 0.1) is 0 Å². The summed E-state index contributed by atoms with van der Waals surface area (Å²) in [4.78, 5) is 4.50. The van der Waals surface area contributed by atoms with Crippen molar-refractivity contribution in [2.24, 2.45) is 5.73 Å². The second-order valence-electron chi connectivity index (χ2n) is 5.02. The van der Waals surface area contributed by atoms with Gasteiger partial charge in [0.05, 0.1) is 17.3 Å². The number of hydrogen-bond acceptors (Lipinski definition) is 3. The molecule has 2 aromatic carbocycles. The van der Waals surface area contributed by atoms with Crippen LogP contribution < -0.4 is 10.5 Å². The summed E-state index contributed by atoms with van der Waals surface area (Å²) in [7, 11) is 0. The maximum Gasteiger partial charge on any atom is 0.573 e. The Morgan fingerprint density at radius 3 is 2.25 bits per heavy atom. The Kier molecular flexibility index (Phi) is 5.31. The van der Waals surface area contributed by atoms with E-state index < -0.39 is 12.4 Å². The van der Waals surface area contributed by atoms with Crippen LogP contribution in [0.3, 0.4) is 0 Å². The minimum absolute atomic E-state index is 0. The first kappa shape index (κ1) is 18.0. The van der Waals surface area contributed by atoms with E-state index in [2.05, 4.69) is 9.72 Å². The highest BCUT2D eigenvalue weighted by Crippen LogP contribution is 2.26. The molecule has 1 heterocycles. The molecule has 1 aromatic heterocycles. The van der Waals surface area contributed by atoms with Crippen LogP contribution in [-0.4, -0.2) is 11.3 Å². The molecule has 0 spiro atoms. The first-order valence-electron chi connectivity index (χ1n) is 6.89. The summed E-state index contributed by atoms with van der Waals surface area (Å²) in [6.45, 7) is 0. The van der Waals surface area contributed by atoms with Crippen molar-refractivity contribution in [1.29, 1.82) is 0 Å². The van der Waals surface area contributed by atoms with Crippen molar-refractivity contribution in [2.75, 3.05) is 0 Å². The number of pyridine rings is 1. The fourth-order valence-electron chi connectivity index (χ4n) is 2.30. The van der Waals surface area contributed by atoms with Gasteiger partial charge in [0.1, 0.15) is 5.75 Å². The summed E-state index contributed by atoms with van der Waals surface area (Å²) in [5.41, 5.74) is 8.28. The monoisotopic (exact) mass is 354 g/mol. The highest BCUT2D eigenvalue weighted by Gasteiger charge is 2.31. The smallest absolute Gasteiger partial charge is 0.406 e. The molecular weight excluding hydrogens is 341 g/mol. The molecule has 0 saturated heterocycles. The second kappa shape index (κ2) is 7.07. The number of alkyl halides is 3. The number of ether oxygens (including phenoxy) is 1. The van der Waals surface area contributed by atoms with Gasteiger partial charge in [-0.2, -0.15) is 0 Å². The maximum absolute atomic E-state index is 12.2. The SMILES string of the molecule is Cl.N[C@H](c1ccc(OC(F)(F)F)cc1)c1ccc2ccccc2n1. The number of benzene rings is 2. The van der Waals surface area contributed by atoms with Crippen LogP contribution in [0.25, 0.3) is 10.9 Å². The number of nitrogens with zero attached hydrogens (tertiary/aromatic N) is 1. The van der Waals surface area contributed by atoms with E-state index in [4.69, 9.17) is 5.73 Å². The number of para-hydroxylation sites is 1. The summed E-state index contributed by atoms with van der Waals surface area (Å²) in [6, 6.07) is 16.3. The van der Waals surface area contributed by atoms with E-state index in [1.165, 1.54) is 24.3 Å². The van der Waals surface area contributed by atoms with Gasteiger partial charge in [-0.05, 0) is 29.8 Å². The van der Waals surface area contributed by atoms with Crippen LogP contribution in [0.15, 0.2) is 60.7 Å². The van der Waals surface area contributed by atoms with E-state index in [9.17, 15) is 13.2 Å². The molecule has 3 nitrogen and oxygen atoms in total. The third kappa shape index (κ3) is 4.15. The summed E-state index contributed by atoms with van der Waals surface area (Å²) >= 11 is 0. The molecule has 0 unspecified atom stereocenters. The van der Waals surface area contributed by atoms with Crippen LogP contribution in [0.1, 0.15) is 17.3 Å². The van der Waals surface area contributed by atoms with Gasteiger partial charge in [-0.15, -0.1) is 25.6 Å².